The topological polar surface area (TPSA) is 46.6 Å². The quantitative estimate of drug-likeness (QED) is 0.787. The molecule has 0 N–H and O–H groups in total. The van der Waals surface area contributed by atoms with Crippen LogP contribution in [0.5, 0.6) is 0 Å². The van der Waals surface area contributed by atoms with Crippen LogP contribution in [0.1, 0.15) is 30.6 Å². The van der Waals surface area contributed by atoms with Gasteiger partial charge < -0.3 is 9.64 Å². The average molecular weight is 344 g/mol. The Morgan fingerprint density at radius 3 is 2.45 bits per heavy atom. The van der Waals surface area contributed by atoms with Gasteiger partial charge in [-0.1, -0.05) is 37.0 Å². The highest BCUT2D eigenvalue weighted by molar-refractivity contribution is 6.36. The molecule has 4 nitrogen and oxygen atoms in total. The zero-order valence-electron chi connectivity index (χ0n) is 12.6. The molecular weight excluding hydrogens is 325 g/mol. The maximum Gasteiger partial charge on any atom is 0.340 e. The van der Waals surface area contributed by atoms with Gasteiger partial charge in [-0.3, -0.25) is 4.79 Å². The molecule has 2 rings (SSSR count). The smallest absolute Gasteiger partial charge is 0.340 e. The number of esters is 1. The van der Waals surface area contributed by atoms with Crippen LogP contribution in [-0.2, 0) is 9.53 Å². The van der Waals surface area contributed by atoms with Crippen molar-refractivity contribution in [2.45, 2.75) is 20.3 Å². The first-order valence-electron chi connectivity index (χ1n) is 7.26. The van der Waals surface area contributed by atoms with E-state index in [-0.39, 0.29) is 23.1 Å². The van der Waals surface area contributed by atoms with Crippen LogP contribution in [0.2, 0.25) is 10.0 Å². The molecule has 22 heavy (non-hydrogen) atoms. The molecule has 0 aliphatic carbocycles. The first-order chi connectivity index (χ1) is 10.4. The second-order valence-corrected chi connectivity index (χ2v) is 6.79. The summed E-state index contributed by atoms with van der Waals surface area (Å²) >= 11 is 11.7. The molecule has 6 heteroatoms. The number of likely N-dealkylation sites (tertiary alicyclic amines) is 1. The van der Waals surface area contributed by atoms with Crippen LogP contribution in [0.15, 0.2) is 18.2 Å². The van der Waals surface area contributed by atoms with Crippen LogP contribution in [0, 0.1) is 11.8 Å². The van der Waals surface area contributed by atoms with Crippen molar-refractivity contribution in [1.29, 1.82) is 0 Å². The van der Waals surface area contributed by atoms with Crippen LogP contribution in [0.25, 0.3) is 0 Å². The highest BCUT2D eigenvalue weighted by atomic mass is 35.5. The minimum Gasteiger partial charge on any atom is -0.452 e. The lowest BCUT2D eigenvalue weighted by Crippen LogP contribution is -2.44. The minimum absolute atomic E-state index is 0.170. The lowest BCUT2D eigenvalue weighted by molar-refractivity contribution is -0.137. The number of carbonyl (C=O) groups is 2. The van der Waals surface area contributed by atoms with Gasteiger partial charge in [-0.05, 0) is 36.5 Å². The number of halogens is 2. The maximum absolute atomic E-state index is 12.2. The van der Waals surface area contributed by atoms with Gasteiger partial charge >= 0.3 is 5.97 Å². The molecule has 1 fully saturated rings. The molecule has 0 bridgehead atoms. The molecule has 0 aromatic heterocycles. The van der Waals surface area contributed by atoms with E-state index < -0.39 is 5.97 Å². The van der Waals surface area contributed by atoms with E-state index in [1.54, 1.807) is 11.0 Å². The van der Waals surface area contributed by atoms with Gasteiger partial charge in [-0.15, -0.1) is 0 Å². The van der Waals surface area contributed by atoms with Gasteiger partial charge in [0.05, 0.1) is 10.6 Å². The summed E-state index contributed by atoms with van der Waals surface area (Å²) in [7, 11) is 0. The van der Waals surface area contributed by atoms with Gasteiger partial charge in [0.1, 0.15) is 0 Å². The third-order valence-corrected chi connectivity index (χ3v) is 4.25. The number of piperidine rings is 1. The van der Waals surface area contributed by atoms with Crippen LogP contribution in [0.4, 0.5) is 0 Å². The van der Waals surface area contributed by atoms with Crippen molar-refractivity contribution in [2.75, 3.05) is 19.7 Å². The van der Waals surface area contributed by atoms with Crippen molar-refractivity contribution in [1.82, 2.24) is 4.90 Å². The Morgan fingerprint density at radius 1 is 1.23 bits per heavy atom. The van der Waals surface area contributed by atoms with E-state index in [1.807, 2.05) is 0 Å². The molecule has 2 unspecified atom stereocenters. The van der Waals surface area contributed by atoms with E-state index in [1.165, 1.54) is 12.1 Å². The van der Waals surface area contributed by atoms with E-state index in [2.05, 4.69) is 13.8 Å². The fourth-order valence-electron chi connectivity index (χ4n) is 2.82. The lowest BCUT2D eigenvalue weighted by atomic mass is 9.92. The molecule has 2 atom stereocenters. The van der Waals surface area contributed by atoms with Crippen LogP contribution in [-0.4, -0.2) is 36.5 Å². The van der Waals surface area contributed by atoms with Crippen molar-refractivity contribution in [2.24, 2.45) is 11.8 Å². The summed E-state index contributed by atoms with van der Waals surface area (Å²) in [5, 5.41) is 0.652. The average Bonchev–Trinajstić information content (AvgIpc) is 2.43. The Kier molecular flexibility index (Phi) is 5.70. The van der Waals surface area contributed by atoms with Gasteiger partial charge in [-0.25, -0.2) is 4.79 Å². The summed E-state index contributed by atoms with van der Waals surface area (Å²) in [6.07, 6.45) is 1.12. The zero-order valence-corrected chi connectivity index (χ0v) is 14.2. The van der Waals surface area contributed by atoms with E-state index in [9.17, 15) is 9.59 Å². The Balaban J connectivity index is 1.91. The lowest BCUT2D eigenvalue weighted by Gasteiger charge is -2.34. The first kappa shape index (κ1) is 17.1. The van der Waals surface area contributed by atoms with Crippen molar-refractivity contribution in [3.63, 3.8) is 0 Å². The summed E-state index contributed by atoms with van der Waals surface area (Å²) < 4.78 is 5.08. The fourth-order valence-corrected chi connectivity index (χ4v) is 3.30. The minimum atomic E-state index is -0.617. The van der Waals surface area contributed by atoms with Crippen LogP contribution >= 0.6 is 23.2 Å². The van der Waals surface area contributed by atoms with Crippen molar-refractivity contribution >= 4 is 35.1 Å². The second kappa shape index (κ2) is 7.34. The Labute approximate surface area is 140 Å². The number of amides is 1. The molecule has 0 saturated carbocycles. The second-order valence-electron chi connectivity index (χ2n) is 5.95. The number of ether oxygens (including phenoxy) is 1. The van der Waals surface area contributed by atoms with Gasteiger partial charge in [0.2, 0.25) is 0 Å². The van der Waals surface area contributed by atoms with Crippen LogP contribution < -0.4 is 0 Å². The zero-order chi connectivity index (χ0) is 16.3. The SMILES string of the molecule is CC1CC(C)CN(C(=O)COC(=O)c2ccc(Cl)cc2Cl)C1. The molecule has 120 valence electrons. The molecule has 1 saturated heterocycles. The Bertz CT molecular complexity index is 567. The van der Waals surface area contributed by atoms with Gasteiger partial charge in [-0.2, -0.15) is 0 Å². The van der Waals surface area contributed by atoms with Crippen LogP contribution in [0.3, 0.4) is 0 Å². The summed E-state index contributed by atoms with van der Waals surface area (Å²) in [4.78, 5) is 25.9. The first-order valence-corrected chi connectivity index (χ1v) is 8.02. The third-order valence-electron chi connectivity index (χ3n) is 3.70. The van der Waals surface area contributed by atoms with Crippen molar-refractivity contribution in [3.8, 4) is 0 Å². The number of nitrogens with zero attached hydrogens (tertiary/aromatic N) is 1. The maximum atomic E-state index is 12.2. The molecule has 1 aliphatic rings. The molecule has 1 aromatic carbocycles. The molecule has 1 aromatic rings. The Morgan fingerprint density at radius 2 is 1.86 bits per heavy atom. The summed E-state index contributed by atoms with van der Waals surface area (Å²) in [6, 6.07) is 4.51. The van der Waals surface area contributed by atoms with E-state index in [0.717, 1.165) is 6.42 Å². The Hall–Kier alpha value is -1.26. The van der Waals surface area contributed by atoms with Crippen molar-refractivity contribution in [3.05, 3.63) is 33.8 Å². The van der Waals surface area contributed by atoms with Gasteiger partial charge in [0, 0.05) is 18.1 Å². The molecule has 1 aliphatic heterocycles. The predicted octanol–water partition coefficient (Wildman–Crippen LogP) is 3.65. The standard InChI is InChI=1S/C16H19Cl2NO3/c1-10-5-11(2)8-19(7-10)15(20)9-22-16(21)13-4-3-12(17)6-14(13)18/h3-4,6,10-11H,5,7-9H2,1-2H3. The van der Waals surface area contributed by atoms with Gasteiger partial charge in [0.15, 0.2) is 6.61 Å². The monoisotopic (exact) mass is 343 g/mol. The normalized spacial score (nSPS) is 21.5. The molecule has 0 radical (unpaired) electrons. The number of carbonyl (C=O) groups excluding carboxylic acids is 2. The highest BCUT2D eigenvalue weighted by Gasteiger charge is 2.26. The van der Waals surface area contributed by atoms with E-state index >= 15 is 0 Å². The number of benzene rings is 1. The largest absolute Gasteiger partial charge is 0.452 e. The fraction of sp³-hybridized carbons (Fsp3) is 0.500. The summed E-state index contributed by atoms with van der Waals surface area (Å²) in [5.74, 6) is 0.146. The van der Waals surface area contributed by atoms with Crippen molar-refractivity contribution < 1.29 is 14.3 Å². The number of hydrogen-bond acceptors (Lipinski definition) is 3. The summed E-state index contributed by atoms with van der Waals surface area (Å²) in [6.45, 7) is 5.40. The number of rotatable bonds is 3. The molecular formula is C16H19Cl2NO3. The van der Waals surface area contributed by atoms with E-state index in [0.29, 0.717) is 29.9 Å². The third kappa shape index (κ3) is 4.37. The molecule has 0 spiro atoms. The highest BCUT2D eigenvalue weighted by Crippen LogP contribution is 2.23. The van der Waals surface area contributed by atoms with Gasteiger partial charge in [0.25, 0.3) is 5.91 Å². The number of hydrogen-bond donors (Lipinski definition) is 0. The van der Waals surface area contributed by atoms with E-state index in [4.69, 9.17) is 27.9 Å². The predicted molar refractivity (Wildman–Crippen MR) is 86.3 cm³/mol. The molecule has 1 heterocycles. The molecule has 1 amide bonds. The summed E-state index contributed by atoms with van der Waals surface area (Å²) in [5.41, 5.74) is 0.208.